The SMILES string of the molecule is N=C(N)c1c(Br)cccc1N1CCCCC1CO. The topological polar surface area (TPSA) is 73.3 Å². The fraction of sp³-hybridized carbons (Fsp3) is 0.462. The zero-order valence-electron chi connectivity index (χ0n) is 10.2. The van der Waals surface area contributed by atoms with Crippen LogP contribution in [0.5, 0.6) is 0 Å². The normalized spacial score (nSPS) is 19.9. The molecule has 4 nitrogen and oxygen atoms in total. The van der Waals surface area contributed by atoms with E-state index in [0.29, 0.717) is 0 Å². The van der Waals surface area contributed by atoms with Crippen LogP contribution in [0.15, 0.2) is 22.7 Å². The predicted molar refractivity (Wildman–Crippen MR) is 77.2 cm³/mol. The molecule has 4 N–H and O–H groups in total. The number of aliphatic hydroxyl groups is 1. The third kappa shape index (κ3) is 2.52. The number of aliphatic hydroxyl groups excluding tert-OH is 1. The van der Waals surface area contributed by atoms with Crippen molar-refractivity contribution in [2.45, 2.75) is 25.3 Å². The van der Waals surface area contributed by atoms with Gasteiger partial charge in [-0.1, -0.05) is 6.07 Å². The Balaban J connectivity index is 2.42. The highest BCUT2D eigenvalue weighted by atomic mass is 79.9. The lowest BCUT2D eigenvalue weighted by atomic mass is 10.00. The number of nitrogens with zero attached hydrogens (tertiary/aromatic N) is 1. The molecule has 0 radical (unpaired) electrons. The molecule has 0 aliphatic carbocycles. The van der Waals surface area contributed by atoms with Crippen LogP contribution in [-0.4, -0.2) is 30.1 Å². The maximum atomic E-state index is 9.48. The van der Waals surface area contributed by atoms with E-state index in [2.05, 4.69) is 20.8 Å². The van der Waals surface area contributed by atoms with E-state index in [1.165, 1.54) is 0 Å². The maximum absolute atomic E-state index is 9.48. The van der Waals surface area contributed by atoms with Crippen LogP contribution in [0.25, 0.3) is 0 Å². The molecule has 5 heteroatoms. The first-order chi connectivity index (χ1) is 8.65. The van der Waals surface area contributed by atoms with E-state index in [0.717, 1.165) is 41.5 Å². The Bertz CT molecular complexity index is 450. The molecule has 1 unspecified atom stereocenters. The molecule has 1 fully saturated rings. The van der Waals surface area contributed by atoms with Crippen LogP contribution in [0.1, 0.15) is 24.8 Å². The molecule has 98 valence electrons. The van der Waals surface area contributed by atoms with Crippen LogP contribution in [0.2, 0.25) is 0 Å². The lowest BCUT2D eigenvalue weighted by molar-refractivity contribution is 0.240. The fourth-order valence-corrected chi connectivity index (χ4v) is 3.10. The zero-order chi connectivity index (χ0) is 13.1. The molecule has 2 rings (SSSR count). The number of amidine groups is 1. The number of rotatable bonds is 3. The molecule has 0 spiro atoms. The summed E-state index contributed by atoms with van der Waals surface area (Å²) in [6, 6.07) is 5.92. The van der Waals surface area contributed by atoms with Crippen LogP contribution < -0.4 is 10.6 Å². The number of benzene rings is 1. The number of piperidine rings is 1. The van der Waals surface area contributed by atoms with Crippen molar-refractivity contribution in [3.05, 3.63) is 28.2 Å². The molecule has 1 saturated heterocycles. The van der Waals surface area contributed by atoms with Gasteiger partial charge in [0.15, 0.2) is 0 Å². The molecular weight excluding hydrogens is 294 g/mol. The van der Waals surface area contributed by atoms with Gasteiger partial charge in [0, 0.05) is 16.7 Å². The smallest absolute Gasteiger partial charge is 0.126 e. The minimum Gasteiger partial charge on any atom is -0.394 e. The molecular formula is C13H18BrN3O. The number of anilines is 1. The first-order valence-electron chi connectivity index (χ1n) is 6.15. The fourth-order valence-electron chi connectivity index (χ4n) is 2.53. The van der Waals surface area contributed by atoms with Crippen LogP contribution in [0.3, 0.4) is 0 Å². The highest BCUT2D eigenvalue weighted by Crippen LogP contribution is 2.31. The molecule has 0 saturated carbocycles. The lowest BCUT2D eigenvalue weighted by Crippen LogP contribution is -2.43. The van der Waals surface area contributed by atoms with Gasteiger partial charge in [-0.05, 0) is 47.3 Å². The molecule has 1 aromatic carbocycles. The lowest BCUT2D eigenvalue weighted by Gasteiger charge is -2.37. The van der Waals surface area contributed by atoms with Crippen LogP contribution >= 0.6 is 15.9 Å². The van der Waals surface area contributed by atoms with Crippen molar-refractivity contribution in [3.63, 3.8) is 0 Å². The Morgan fingerprint density at radius 3 is 2.94 bits per heavy atom. The molecule has 1 aliphatic heterocycles. The predicted octanol–water partition coefficient (Wildman–Crippen LogP) is 2.08. The molecule has 1 aromatic rings. The summed E-state index contributed by atoms with van der Waals surface area (Å²) < 4.78 is 0.828. The summed E-state index contributed by atoms with van der Waals surface area (Å²) in [5.74, 6) is 0.0553. The van der Waals surface area contributed by atoms with Crippen molar-refractivity contribution < 1.29 is 5.11 Å². The second-order valence-corrected chi connectivity index (χ2v) is 5.43. The molecule has 0 aromatic heterocycles. The largest absolute Gasteiger partial charge is 0.394 e. The van der Waals surface area contributed by atoms with E-state index in [-0.39, 0.29) is 18.5 Å². The summed E-state index contributed by atoms with van der Waals surface area (Å²) in [4.78, 5) is 2.17. The van der Waals surface area contributed by atoms with Crippen molar-refractivity contribution in [3.8, 4) is 0 Å². The zero-order valence-corrected chi connectivity index (χ0v) is 11.8. The highest BCUT2D eigenvalue weighted by molar-refractivity contribution is 9.10. The van der Waals surface area contributed by atoms with Gasteiger partial charge in [-0.25, -0.2) is 0 Å². The summed E-state index contributed by atoms with van der Waals surface area (Å²) in [5, 5.41) is 17.2. The number of nitrogen functional groups attached to an aromatic ring is 1. The Morgan fingerprint density at radius 1 is 1.50 bits per heavy atom. The summed E-state index contributed by atoms with van der Waals surface area (Å²) in [5.41, 5.74) is 7.33. The average molecular weight is 312 g/mol. The maximum Gasteiger partial charge on any atom is 0.126 e. The van der Waals surface area contributed by atoms with Gasteiger partial charge in [-0.3, -0.25) is 5.41 Å². The third-order valence-corrected chi connectivity index (χ3v) is 4.07. The number of hydrogen-bond acceptors (Lipinski definition) is 3. The van der Waals surface area contributed by atoms with Crippen LogP contribution in [0, 0.1) is 5.41 Å². The Labute approximate surface area is 115 Å². The van der Waals surface area contributed by atoms with Gasteiger partial charge in [0.2, 0.25) is 0 Å². The van der Waals surface area contributed by atoms with E-state index >= 15 is 0 Å². The van der Waals surface area contributed by atoms with Gasteiger partial charge < -0.3 is 15.7 Å². The van der Waals surface area contributed by atoms with E-state index in [1.807, 2.05) is 18.2 Å². The number of halogens is 1. The monoisotopic (exact) mass is 311 g/mol. The van der Waals surface area contributed by atoms with E-state index in [1.54, 1.807) is 0 Å². The van der Waals surface area contributed by atoms with Gasteiger partial charge in [0.1, 0.15) is 5.84 Å². The number of nitrogens with two attached hydrogens (primary N) is 1. The summed E-state index contributed by atoms with van der Waals surface area (Å²) in [6.07, 6.45) is 3.24. The second-order valence-electron chi connectivity index (χ2n) is 4.57. The Hall–Kier alpha value is -1.07. The first kappa shape index (κ1) is 13.4. The Kier molecular flexibility index (Phi) is 4.24. The van der Waals surface area contributed by atoms with Crippen LogP contribution in [0.4, 0.5) is 5.69 Å². The van der Waals surface area contributed by atoms with Crippen molar-refractivity contribution in [1.29, 1.82) is 5.41 Å². The van der Waals surface area contributed by atoms with Crippen molar-refractivity contribution in [1.82, 2.24) is 0 Å². The minimum absolute atomic E-state index is 0.0553. The molecule has 1 atom stereocenters. The average Bonchev–Trinajstić information content (AvgIpc) is 2.38. The Morgan fingerprint density at radius 2 is 2.28 bits per heavy atom. The van der Waals surface area contributed by atoms with Gasteiger partial charge in [-0.15, -0.1) is 0 Å². The molecule has 1 heterocycles. The van der Waals surface area contributed by atoms with E-state index < -0.39 is 0 Å². The molecule has 18 heavy (non-hydrogen) atoms. The molecule has 1 aliphatic rings. The van der Waals surface area contributed by atoms with Crippen molar-refractivity contribution in [2.24, 2.45) is 5.73 Å². The second kappa shape index (κ2) is 5.71. The van der Waals surface area contributed by atoms with Gasteiger partial charge in [0.25, 0.3) is 0 Å². The number of nitrogens with one attached hydrogen (secondary N) is 1. The summed E-state index contributed by atoms with van der Waals surface area (Å²) >= 11 is 3.45. The van der Waals surface area contributed by atoms with Gasteiger partial charge >= 0.3 is 0 Å². The van der Waals surface area contributed by atoms with Crippen molar-refractivity contribution in [2.75, 3.05) is 18.1 Å². The first-order valence-corrected chi connectivity index (χ1v) is 6.95. The third-order valence-electron chi connectivity index (χ3n) is 3.41. The highest BCUT2D eigenvalue weighted by Gasteiger charge is 2.25. The molecule has 0 bridgehead atoms. The van der Waals surface area contributed by atoms with Gasteiger partial charge in [0.05, 0.1) is 18.2 Å². The van der Waals surface area contributed by atoms with Crippen LogP contribution in [-0.2, 0) is 0 Å². The summed E-state index contributed by atoms with van der Waals surface area (Å²) in [7, 11) is 0. The van der Waals surface area contributed by atoms with Gasteiger partial charge in [-0.2, -0.15) is 0 Å². The quantitative estimate of drug-likeness (QED) is 0.591. The molecule has 0 amide bonds. The van der Waals surface area contributed by atoms with E-state index in [9.17, 15) is 5.11 Å². The van der Waals surface area contributed by atoms with E-state index in [4.69, 9.17) is 11.1 Å². The standard InChI is InChI=1S/C13H18BrN3O/c14-10-5-3-6-11(12(10)13(15)16)17-7-2-1-4-9(17)8-18/h3,5-6,9,18H,1-2,4,7-8H2,(H3,15,16). The number of hydrogen-bond donors (Lipinski definition) is 3. The minimum atomic E-state index is 0.0553. The summed E-state index contributed by atoms with van der Waals surface area (Å²) in [6.45, 7) is 1.05. The van der Waals surface area contributed by atoms with Crippen molar-refractivity contribution >= 4 is 27.5 Å².